The summed E-state index contributed by atoms with van der Waals surface area (Å²) in [7, 11) is -3.73. The largest absolute Gasteiger partial charge is 0.379 e. The van der Waals surface area contributed by atoms with Crippen molar-refractivity contribution in [2.45, 2.75) is 11.3 Å². The van der Waals surface area contributed by atoms with E-state index in [0.29, 0.717) is 13.2 Å². The summed E-state index contributed by atoms with van der Waals surface area (Å²) in [5.41, 5.74) is 7.79. The molecular formula is C25H25N3O5S. The number of morpholine rings is 1. The molecule has 3 aromatic carbocycles. The van der Waals surface area contributed by atoms with E-state index in [9.17, 15) is 18.0 Å². The lowest BCUT2D eigenvalue weighted by molar-refractivity contribution is -0.121. The van der Waals surface area contributed by atoms with Crippen LogP contribution in [-0.2, 0) is 26.0 Å². The highest BCUT2D eigenvalue weighted by atomic mass is 32.2. The summed E-state index contributed by atoms with van der Waals surface area (Å²) in [6.07, 6.45) is 0.0841. The third-order valence-electron chi connectivity index (χ3n) is 5.45. The molecule has 0 radical (unpaired) electrons. The van der Waals surface area contributed by atoms with Crippen molar-refractivity contribution >= 4 is 21.8 Å². The van der Waals surface area contributed by atoms with E-state index in [1.807, 2.05) is 54.6 Å². The Morgan fingerprint density at radius 3 is 2.21 bits per heavy atom. The highest BCUT2D eigenvalue weighted by Gasteiger charge is 2.26. The first-order valence-electron chi connectivity index (χ1n) is 10.8. The van der Waals surface area contributed by atoms with E-state index in [4.69, 9.17) is 4.74 Å². The molecule has 9 heteroatoms. The van der Waals surface area contributed by atoms with Crippen molar-refractivity contribution in [3.63, 3.8) is 0 Å². The maximum absolute atomic E-state index is 12.8. The molecule has 34 heavy (non-hydrogen) atoms. The molecule has 3 aromatic rings. The molecule has 1 heterocycles. The molecule has 8 nitrogen and oxygen atoms in total. The van der Waals surface area contributed by atoms with Gasteiger partial charge in [-0.2, -0.15) is 4.31 Å². The van der Waals surface area contributed by atoms with Crippen LogP contribution in [0.5, 0.6) is 0 Å². The van der Waals surface area contributed by atoms with Crippen molar-refractivity contribution in [2.75, 3.05) is 26.3 Å². The van der Waals surface area contributed by atoms with Gasteiger partial charge in [0.2, 0.25) is 15.9 Å². The minimum atomic E-state index is -3.73. The van der Waals surface area contributed by atoms with Crippen molar-refractivity contribution < 1.29 is 22.7 Å². The zero-order chi connectivity index (χ0) is 24.0. The predicted octanol–water partition coefficient (Wildman–Crippen LogP) is 2.38. The van der Waals surface area contributed by atoms with E-state index in [-0.39, 0.29) is 30.0 Å². The average molecular weight is 480 g/mol. The first-order chi connectivity index (χ1) is 16.4. The van der Waals surface area contributed by atoms with Crippen LogP contribution in [0.2, 0.25) is 0 Å². The molecule has 0 atom stereocenters. The molecule has 1 fully saturated rings. The number of nitrogens with one attached hydrogen (secondary N) is 2. The van der Waals surface area contributed by atoms with E-state index in [1.54, 1.807) is 0 Å². The zero-order valence-corrected chi connectivity index (χ0v) is 19.3. The number of sulfonamides is 1. The first kappa shape index (κ1) is 23.6. The lowest BCUT2D eigenvalue weighted by atomic mass is 10.0. The number of benzene rings is 3. The molecule has 0 aliphatic carbocycles. The second-order valence-electron chi connectivity index (χ2n) is 7.79. The minimum Gasteiger partial charge on any atom is -0.379 e. The standard InChI is InChI=1S/C25H25N3O5S/c29-24(17-19-9-11-21(12-10-19)20-5-2-1-3-6-20)26-27-25(30)22-7-4-8-23(18-22)34(31,32)28-13-15-33-16-14-28/h1-12,18H,13-17H2,(H,26,29)(H,27,30). The summed E-state index contributed by atoms with van der Waals surface area (Å²) < 4.78 is 32.2. The summed E-state index contributed by atoms with van der Waals surface area (Å²) in [5, 5.41) is 0. The van der Waals surface area contributed by atoms with Crippen LogP contribution in [0.4, 0.5) is 0 Å². The number of carbonyl (C=O) groups excluding carboxylic acids is 2. The second-order valence-corrected chi connectivity index (χ2v) is 9.72. The Morgan fingerprint density at radius 1 is 0.824 bits per heavy atom. The number of hydrogen-bond acceptors (Lipinski definition) is 5. The lowest BCUT2D eigenvalue weighted by Gasteiger charge is -2.26. The van der Waals surface area contributed by atoms with E-state index >= 15 is 0 Å². The monoisotopic (exact) mass is 479 g/mol. The number of amides is 2. The van der Waals surface area contributed by atoms with Crippen LogP contribution in [0.25, 0.3) is 11.1 Å². The van der Waals surface area contributed by atoms with Crippen LogP contribution < -0.4 is 10.9 Å². The summed E-state index contributed by atoms with van der Waals surface area (Å²) >= 11 is 0. The molecule has 0 aromatic heterocycles. The van der Waals surface area contributed by atoms with Crippen LogP contribution in [0.3, 0.4) is 0 Å². The Morgan fingerprint density at radius 2 is 1.50 bits per heavy atom. The fourth-order valence-electron chi connectivity index (χ4n) is 3.61. The van der Waals surface area contributed by atoms with Gasteiger partial charge >= 0.3 is 0 Å². The third-order valence-corrected chi connectivity index (χ3v) is 7.34. The Bertz CT molecular complexity index is 1260. The molecule has 0 bridgehead atoms. The SMILES string of the molecule is O=C(Cc1ccc(-c2ccccc2)cc1)NNC(=O)c1cccc(S(=O)(=O)N2CCOCC2)c1. The smallest absolute Gasteiger partial charge is 0.269 e. The van der Waals surface area contributed by atoms with Crippen molar-refractivity contribution in [1.82, 2.24) is 15.2 Å². The van der Waals surface area contributed by atoms with Crippen LogP contribution in [0.1, 0.15) is 15.9 Å². The van der Waals surface area contributed by atoms with Gasteiger partial charge in [0.25, 0.3) is 5.91 Å². The Kier molecular flexibility index (Phi) is 7.36. The maximum Gasteiger partial charge on any atom is 0.269 e. The minimum absolute atomic E-state index is 0.0203. The molecular weight excluding hydrogens is 454 g/mol. The van der Waals surface area contributed by atoms with Crippen LogP contribution in [0, 0.1) is 0 Å². The summed E-state index contributed by atoms with van der Waals surface area (Å²) in [6.45, 7) is 1.20. The number of carbonyl (C=O) groups is 2. The Hall–Kier alpha value is -3.53. The van der Waals surface area contributed by atoms with Gasteiger partial charge in [0.15, 0.2) is 0 Å². The average Bonchev–Trinajstić information content (AvgIpc) is 2.89. The normalized spacial score (nSPS) is 14.4. The Labute approximate surface area is 198 Å². The number of hydrogen-bond donors (Lipinski definition) is 2. The van der Waals surface area contributed by atoms with Gasteiger partial charge in [-0.15, -0.1) is 0 Å². The summed E-state index contributed by atoms with van der Waals surface area (Å²) in [4.78, 5) is 24.8. The van der Waals surface area contributed by atoms with Crippen molar-refractivity contribution in [1.29, 1.82) is 0 Å². The fourth-order valence-corrected chi connectivity index (χ4v) is 5.06. The molecule has 0 unspecified atom stereocenters. The maximum atomic E-state index is 12.8. The number of nitrogens with zero attached hydrogens (tertiary/aromatic N) is 1. The van der Waals surface area contributed by atoms with Crippen molar-refractivity contribution in [2.24, 2.45) is 0 Å². The van der Waals surface area contributed by atoms with Crippen LogP contribution >= 0.6 is 0 Å². The van der Waals surface area contributed by atoms with Gasteiger partial charge in [-0.25, -0.2) is 8.42 Å². The molecule has 1 saturated heterocycles. The molecule has 176 valence electrons. The quantitative estimate of drug-likeness (QED) is 0.528. The lowest BCUT2D eigenvalue weighted by Crippen LogP contribution is -2.42. The zero-order valence-electron chi connectivity index (χ0n) is 18.4. The highest BCUT2D eigenvalue weighted by molar-refractivity contribution is 7.89. The van der Waals surface area contributed by atoms with Gasteiger partial charge in [0.1, 0.15) is 0 Å². The van der Waals surface area contributed by atoms with Gasteiger partial charge in [-0.3, -0.25) is 20.4 Å². The molecule has 0 saturated carbocycles. The van der Waals surface area contributed by atoms with E-state index < -0.39 is 21.8 Å². The topological polar surface area (TPSA) is 105 Å². The predicted molar refractivity (Wildman–Crippen MR) is 127 cm³/mol. The molecule has 4 rings (SSSR count). The Balaban J connectivity index is 1.34. The molecule has 1 aliphatic rings. The van der Waals surface area contributed by atoms with Gasteiger partial charge in [0, 0.05) is 18.7 Å². The molecule has 2 N–H and O–H groups in total. The van der Waals surface area contributed by atoms with Crippen LogP contribution in [0.15, 0.2) is 83.8 Å². The molecule has 2 amide bonds. The van der Waals surface area contributed by atoms with E-state index in [1.165, 1.54) is 28.6 Å². The van der Waals surface area contributed by atoms with E-state index in [0.717, 1.165) is 16.7 Å². The number of rotatable bonds is 6. The summed E-state index contributed by atoms with van der Waals surface area (Å²) in [5.74, 6) is -0.996. The second kappa shape index (κ2) is 10.6. The fraction of sp³-hybridized carbons (Fsp3) is 0.200. The van der Waals surface area contributed by atoms with Crippen molar-refractivity contribution in [3.05, 3.63) is 90.0 Å². The van der Waals surface area contributed by atoms with Crippen molar-refractivity contribution in [3.8, 4) is 11.1 Å². The van der Waals surface area contributed by atoms with Crippen LogP contribution in [-0.4, -0.2) is 50.8 Å². The molecule has 1 aliphatic heterocycles. The van der Waals surface area contributed by atoms with Gasteiger partial charge in [-0.05, 0) is 34.9 Å². The highest BCUT2D eigenvalue weighted by Crippen LogP contribution is 2.20. The van der Waals surface area contributed by atoms with Gasteiger partial charge in [-0.1, -0.05) is 60.7 Å². The first-order valence-corrected chi connectivity index (χ1v) is 12.3. The summed E-state index contributed by atoms with van der Waals surface area (Å²) in [6, 6.07) is 23.3. The number of hydrazine groups is 1. The van der Waals surface area contributed by atoms with E-state index in [2.05, 4.69) is 10.9 Å². The third kappa shape index (κ3) is 5.69. The number of ether oxygens (including phenoxy) is 1. The van der Waals surface area contributed by atoms with Gasteiger partial charge < -0.3 is 4.74 Å². The van der Waals surface area contributed by atoms with Gasteiger partial charge in [0.05, 0.1) is 24.5 Å². The molecule has 0 spiro atoms.